The van der Waals surface area contributed by atoms with Crippen molar-refractivity contribution >= 4 is 29.0 Å². The van der Waals surface area contributed by atoms with Gasteiger partial charge in [-0.1, -0.05) is 29.8 Å². The Kier molecular flexibility index (Phi) is 7.42. The van der Waals surface area contributed by atoms with Crippen LogP contribution in [0.15, 0.2) is 72.8 Å². The first-order valence-electron chi connectivity index (χ1n) is 12.9. The highest BCUT2D eigenvalue weighted by molar-refractivity contribution is 5.88. The monoisotopic (exact) mass is 526 g/mol. The highest BCUT2D eigenvalue weighted by atomic mass is 19.1. The average molecular weight is 527 g/mol. The summed E-state index contributed by atoms with van der Waals surface area (Å²) >= 11 is 0. The molecule has 8 nitrogen and oxygen atoms in total. The van der Waals surface area contributed by atoms with Gasteiger partial charge in [-0.05, 0) is 67.4 Å². The third kappa shape index (κ3) is 5.99. The van der Waals surface area contributed by atoms with E-state index in [1.54, 1.807) is 29.2 Å². The Balaban J connectivity index is 1.35. The van der Waals surface area contributed by atoms with Gasteiger partial charge in [0.2, 0.25) is 11.8 Å². The summed E-state index contributed by atoms with van der Waals surface area (Å²) in [7, 11) is 0. The molecule has 4 aromatic rings. The summed E-state index contributed by atoms with van der Waals surface area (Å²) in [4.78, 5) is 31.2. The lowest BCUT2D eigenvalue weighted by molar-refractivity contribution is -0.134. The van der Waals surface area contributed by atoms with E-state index in [-0.39, 0.29) is 17.6 Å². The average Bonchev–Trinajstić information content (AvgIpc) is 3.28. The highest BCUT2D eigenvalue weighted by Gasteiger charge is 2.29. The number of aromatic nitrogens is 2. The summed E-state index contributed by atoms with van der Waals surface area (Å²) in [6.07, 6.45) is 0.380. The molecule has 0 saturated heterocycles. The van der Waals surface area contributed by atoms with Crippen LogP contribution < -0.4 is 16.4 Å². The lowest BCUT2D eigenvalue weighted by Gasteiger charge is -2.30. The molecule has 2 amide bonds. The number of hydrogen-bond acceptors (Lipinski definition) is 5. The molecular weight excluding hydrogens is 495 g/mol. The number of fused-ring (bicyclic) bond motifs is 1. The molecule has 1 aliphatic heterocycles. The Bertz CT molecular complexity index is 1480. The van der Waals surface area contributed by atoms with Gasteiger partial charge in [0.05, 0.1) is 12.6 Å². The van der Waals surface area contributed by atoms with Gasteiger partial charge in [0.15, 0.2) is 0 Å². The molecule has 0 radical (unpaired) electrons. The van der Waals surface area contributed by atoms with Gasteiger partial charge in [0, 0.05) is 37.0 Å². The Morgan fingerprint density at radius 3 is 2.31 bits per heavy atom. The molecule has 3 aromatic carbocycles. The number of amides is 2. The molecule has 1 aliphatic rings. The molecule has 0 spiro atoms. The van der Waals surface area contributed by atoms with Gasteiger partial charge in [0.25, 0.3) is 0 Å². The third-order valence-corrected chi connectivity index (χ3v) is 6.76. The lowest BCUT2D eigenvalue weighted by atomic mass is 10.0. The number of nitrogens with zero attached hydrogens (tertiary/aromatic N) is 3. The molecule has 0 saturated carbocycles. The predicted molar refractivity (Wildman–Crippen MR) is 150 cm³/mol. The lowest BCUT2D eigenvalue weighted by Crippen LogP contribution is -2.47. The molecule has 4 N–H and O–H groups in total. The SMILES string of the molecule is CC(=O)Nc1ccc(C[C@H](N)C(=O)N2CCn3c(nc(-c4ccc(F)cc4)c3Nc3ccc(C)cc3)C2)cc1. The zero-order valence-corrected chi connectivity index (χ0v) is 21.9. The fourth-order valence-corrected chi connectivity index (χ4v) is 4.73. The standard InChI is InChI=1S/C30H31FN6O2/c1-19-3-11-25(12-4-19)34-29-28(22-7-9-23(31)10-8-22)35-27-18-36(15-16-37(27)29)30(39)26(32)17-21-5-13-24(14-6-21)33-20(2)38/h3-14,26,34H,15-18,32H2,1-2H3,(H,33,38)/t26-/m0/s1. The van der Waals surface area contributed by atoms with Crippen LogP contribution >= 0.6 is 0 Å². The number of carbonyl (C=O) groups excluding carboxylic acids is 2. The van der Waals surface area contributed by atoms with Gasteiger partial charge in [-0.25, -0.2) is 9.37 Å². The van der Waals surface area contributed by atoms with E-state index in [9.17, 15) is 14.0 Å². The molecule has 9 heteroatoms. The van der Waals surface area contributed by atoms with E-state index in [1.165, 1.54) is 19.1 Å². The summed E-state index contributed by atoms with van der Waals surface area (Å²) in [6.45, 7) is 4.84. The Labute approximate surface area is 226 Å². The summed E-state index contributed by atoms with van der Waals surface area (Å²) in [5.74, 6) is 0.933. The molecule has 0 bridgehead atoms. The van der Waals surface area contributed by atoms with E-state index in [0.29, 0.717) is 37.4 Å². The minimum absolute atomic E-state index is 0.141. The van der Waals surface area contributed by atoms with Gasteiger partial charge >= 0.3 is 0 Å². The summed E-state index contributed by atoms with van der Waals surface area (Å²) in [6, 6.07) is 20.9. The van der Waals surface area contributed by atoms with E-state index >= 15 is 0 Å². The normalized spacial score (nSPS) is 13.5. The van der Waals surface area contributed by atoms with Crippen LogP contribution in [0.5, 0.6) is 0 Å². The molecule has 0 aliphatic carbocycles. The molecule has 0 unspecified atom stereocenters. The highest BCUT2D eigenvalue weighted by Crippen LogP contribution is 2.33. The van der Waals surface area contributed by atoms with Crippen molar-refractivity contribution in [2.45, 2.75) is 39.4 Å². The number of carbonyl (C=O) groups is 2. The minimum Gasteiger partial charge on any atom is -0.340 e. The van der Waals surface area contributed by atoms with Crippen LogP contribution in [-0.2, 0) is 29.1 Å². The number of benzene rings is 3. The summed E-state index contributed by atoms with van der Waals surface area (Å²) < 4.78 is 15.7. The van der Waals surface area contributed by atoms with Crippen LogP contribution in [0.3, 0.4) is 0 Å². The van der Waals surface area contributed by atoms with Crippen molar-refractivity contribution in [1.82, 2.24) is 14.5 Å². The molecule has 200 valence electrons. The Morgan fingerprint density at radius 2 is 1.64 bits per heavy atom. The van der Waals surface area contributed by atoms with Crippen LogP contribution in [0, 0.1) is 12.7 Å². The van der Waals surface area contributed by atoms with E-state index in [0.717, 1.165) is 34.0 Å². The number of halogens is 1. The van der Waals surface area contributed by atoms with E-state index < -0.39 is 6.04 Å². The van der Waals surface area contributed by atoms with Crippen LogP contribution in [-0.4, -0.2) is 38.9 Å². The first-order valence-corrected chi connectivity index (χ1v) is 12.9. The Morgan fingerprint density at radius 1 is 0.974 bits per heavy atom. The van der Waals surface area contributed by atoms with Gasteiger partial charge in [-0.3, -0.25) is 9.59 Å². The maximum Gasteiger partial charge on any atom is 0.240 e. The van der Waals surface area contributed by atoms with Crippen molar-refractivity contribution in [3.63, 3.8) is 0 Å². The minimum atomic E-state index is -0.708. The number of anilines is 3. The second kappa shape index (κ2) is 11.1. The van der Waals surface area contributed by atoms with E-state index in [2.05, 4.69) is 15.2 Å². The molecule has 39 heavy (non-hydrogen) atoms. The zero-order chi connectivity index (χ0) is 27.5. The van der Waals surface area contributed by atoms with Crippen LogP contribution in [0.2, 0.25) is 0 Å². The fraction of sp³-hybridized carbons (Fsp3) is 0.233. The maximum absolute atomic E-state index is 13.6. The zero-order valence-electron chi connectivity index (χ0n) is 21.9. The number of aryl methyl sites for hydroxylation is 1. The van der Waals surface area contributed by atoms with Crippen molar-refractivity contribution in [2.75, 3.05) is 17.2 Å². The molecular formula is C30H31FN6O2. The summed E-state index contributed by atoms with van der Waals surface area (Å²) in [5.41, 5.74) is 11.5. The quantitative estimate of drug-likeness (QED) is 0.326. The van der Waals surface area contributed by atoms with Gasteiger partial charge in [0.1, 0.15) is 23.2 Å². The van der Waals surface area contributed by atoms with Crippen LogP contribution in [0.25, 0.3) is 11.3 Å². The number of imidazole rings is 1. The van der Waals surface area contributed by atoms with Crippen LogP contribution in [0.4, 0.5) is 21.6 Å². The Hall–Kier alpha value is -4.50. The van der Waals surface area contributed by atoms with Crippen molar-refractivity contribution in [3.05, 3.63) is 95.6 Å². The van der Waals surface area contributed by atoms with Gasteiger partial charge in [-0.15, -0.1) is 0 Å². The van der Waals surface area contributed by atoms with Gasteiger partial charge in [-0.2, -0.15) is 0 Å². The number of hydrogen-bond donors (Lipinski definition) is 3. The first-order chi connectivity index (χ1) is 18.8. The second-order valence-corrected chi connectivity index (χ2v) is 9.82. The number of nitrogens with one attached hydrogen (secondary N) is 2. The molecule has 0 fully saturated rings. The third-order valence-electron chi connectivity index (χ3n) is 6.76. The van der Waals surface area contributed by atoms with Crippen molar-refractivity contribution < 1.29 is 14.0 Å². The molecule has 2 heterocycles. The number of rotatable bonds is 7. The molecule has 1 atom stereocenters. The van der Waals surface area contributed by atoms with E-state index in [1.807, 2.05) is 43.3 Å². The molecule has 5 rings (SSSR count). The van der Waals surface area contributed by atoms with Crippen molar-refractivity contribution in [3.8, 4) is 11.3 Å². The largest absolute Gasteiger partial charge is 0.340 e. The fourth-order valence-electron chi connectivity index (χ4n) is 4.73. The smallest absolute Gasteiger partial charge is 0.240 e. The number of nitrogens with two attached hydrogens (primary N) is 1. The first kappa shape index (κ1) is 26.1. The topological polar surface area (TPSA) is 105 Å². The predicted octanol–water partition coefficient (Wildman–Crippen LogP) is 4.61. The van der Waals surface area contributed by atoms with E-state index in [4.69, 9.17) is 10.7 Å². The van der Waals surface area contributed by atoms with Crippen LogP contribution in [0.1, 0.15) is 23.9 Å². The van der Waals surface area contributed by atoms with Gasteiger partial charge < -0.3 is 25.8 Å². The van der Waals surface area contributed by atoms with Crippen molar-refractivity contribution in [2.24, 2.45) is 5.73 Å². The summed E-state index contributed by atoms with van der Waals surface area (Å²) in [5, 5.41) is 6.22. The van der Waals surface area contributed by atoms with Crippen molar-refractivity contribution in [1.29, 1.82) is 0 Å². The second-order valence-electron chi connectivity index (χ2n) is 9.82. The molecule has 1 aromatic heterocycles. The maximum atomic E-state index is 13.6.